The molecule has 2 fully saturated rings. The van der Waals surface area contributed by atoms with Gasteiger partial charge in [-0.2, -0.15) is 8.42 Å². The standard InChI is InChI=1S/C24H34F2N2O6S/c1-17-5-7-19(8-6-17)35(31,32)33-16-12-18-9-13-27(14-10-18)21(29)24(26)20(25)11-15-28(24)22(30)34-23(2,3)4/h5-8,18,20H,9-16H2,1-4H3. The highest BCUT2D eigenvalue weighted by molar-refractivity contribution is 7.86. The molecule has 8 nitrogen and oxygen atoms in total. The maximum absolute atomic E-state index is 15.8. The minimum absolute atomic E-state index is 0.0130. The number of amides is 2. The molecule has 0 radical (unpaired) electrons. The van der Waals surface area contributed by atoms with Crippen LogP contribution in [0, 0.1) is 12.8 Å². The first-order valence-electron chi connectivity index (χ1n) is 11.8. The fraction of sp³-hybridized carbons (Fsp3) is 0.667. The van der Waals surface area contributed by atoms with Gasteiger partial charge < -0.3 is 9.64 Å². The van der Waals surface area contributed by atoms with Gasteiger partial charge in [0.05, 0.1) is 11.5 Å². The second kappa shape index (κ2) is 10.4. The van der Waals surface area contributed by atoms with Gasteiger partial charge in [-0.3, -0.25) is 13.9 Å². The maximum Gasteiger partial charge on any atom is 0.413 e. The molecule has 11 heteroatoms. The van der Waals surface area contributed by atoms with Crippen LogP contribution in [0.25, 0.3) is 0 Å². The lowest BCUT2D eigenvalue weighted by Crippen LogP contribution is -2.60. The second-order valence-electron chi connectivity index (χ2n) is 10.2. The van der Waals surface area contributed by atoms with Crippen molar-refractivity contribution < 1.29 is 35.7 Å². The van der Waals surface area contributed by atoms with Gasteiger partial charge in [-0.15, -0.1) is 0 Å². The number of rotatable bonds is 6. The molecule has 0 N–H and O–H groups in total. The van der Waals surface area contributed by atoms with E-state index >= 15 is 4.39 Å². The Hall–Kier alpha value is -2.27. The van der Waals surface area contributed by atoms with Crippen molar-refractivity contribution >= 4 is 22.1 Å². The zero-order valence-corrected chi connectivity index (χ0v) is 21.4. The summed E-state index contributed by atoms with van der Waals surface area (Å²) in [7, 11) is -3.86. The van der Waals surface area contributed by atoms with Gasteiger partial charge in [0.2, 0.25) is 0 Å². The molecular formula is C24H34F2N2O6S. The minimum atomic E-state index is -3.86. The highest BCUT2D eigenvalue weighted by atomic mass is 32.2. The summed E-state index contributed by atoms with van der Waals surface area (Å²) in [4.78, 5) is 27.3. The summed E-state index contributed by atoms with van der Waals surface area (Å²) in [6.07, 6.45) is -2.07. The van der Waals surface area contributed by atoms with E-state index in [0.717, 1.165) is 5.56 Å². The molecule has 1 aromatic carbocycles. The van der Waals surface area contributed by atoms with Crippen LogP contribution in [-0.2, 0) is 23.8 Å². The quantitative estimate of drug-likeness (QED) is 0.420. The summed E-state index contributed by atoms with van der Waals surface area (Å²) in [5, 5.41) is 0. The lowest BCUT2D eigenvalue weighted by molar-refractivity contribution is -0.161. The van der Waals surface area contributed by atoms with Crippen molar-refractivity contribution in [2.24, 2.45) is 5.92 Å². The van der Waals surface area contributed by atoms with Crippen LogP contribution in [0.4, 0.5) is 13.6 Å². The van der Waals surface area contributed by atoms with Crippen LogP contribution >= 0.6 is 0 Å². The van der Waals surface area contributed by atoms with Crippen molar-refractivity contribution in [2.45, 2.75) is 75.8 Å². The summed E-state index contributed by atoms with van der Waals surface area (Å²) in [5.41, 5.74) is 0.0224. The van der Waals surface area contributed by atoms with Crippen molar-refractivity contribution in [1.29, 1.82) is 0 Å². The number of carbonyl (C=O) groups is 2. The van der Waals surface area contributed by atoms with Gasteiger partial charge >= 0.3 is 6.09 Å². The fourth-order valence-electron chi connectivity index (χ4n) is 4.30. The highest BCUT2D eigenvalue weighted by Crippen LogP contribution is 2.37. The third-order valence-corrected chi connectivity index (χ3v) is 7.63. The molecule has 2 aliphatic heterocycles. The van der Waals surface area contributed by atoms with Gasteiger partial charge in [-0.1, -0.05) is 17.7 Å². The molecule has 0 aliphatic carbocycles. The molecule has 2 atom stereocenters. The predicted molar refractivity (Wildman–Crippen MR) is 125 cm³/mol. The van der Waals surface area contributed by atoms with Crippen LogP contribution < -0.4 is 0 Å². The lowest BCUT2D eigenvalue weighted by Gasteiger charge is -2.39. The normalized spacial score (nSPS) is 24.0. The van der Waals surface area contributed by atoms with Crippen LogP contribution in [-0.4, -0.2) is 74.0 Å². The Morgan fingerprint density at radius 2 is 1.69 bits per heavy atom. The van der Waals surface area contributed by atoms with E-state index in [1.165, 1.54) is 17.0 Å². The van der Waals surface area contributed by atoms with E-state index in [1.807, 2.05) is 6.92 Å². The molecule has 2 aliphatic rings. The van der Waals surface area contributed by atoms with Crippen LogP contribution in [0.1, 0.15) is 52.0 Å². The smallest absolute Gasteiger partial charge is 0.413 e. The van der Waals surface area contributed by atoms with Crippen molar-refractivity contribution in [3.63, 3.8) is 0 Å². The lowest BCUT2D eigenvalue weighted by atomic mass is 9.93. The molecule has 0 bridgehead atoms. The first kappa shape index (κ1) is 27.3. The molecule has 1 aromatic rings. The van der Waals surface area contributed by atoms with Crippen LogP contribution in [0.5, 0.6) is 0 Å². The van der Waals surface area contributed by atoms with E-state index < -0.39 is 39.7 Å². The Morgan fingerprint density at radius 1 is 1.09 bits per heavy atom. The van der Waals surface area contributed by atoms with E-state index in [4.69, 9.17) is 8.92 Å². The fourth-order valence-corrected chi connectivity index (χ4v) is 5.22. The summed E-state index contributed by atoms with van der Waals surface area (Å²) < 4.78 is 65.3. The molecule has 2 amide bonds. The number of piperidine rings is 1. The van der Waals surface area contributed by atoms with Gasteiger partial charge in [0.25, 0.3) is 21.8 Å². The molecule has 35 heavy (non-hydrogen) atoms. The van der Waals surface area contributed by atoms with E-state index in [9.17, 15) is 22.4 Å². The van der Waals surface area contributed by atoms with Crippen molar-refractivity contribution in [1.82, 2.24) is 9.80 Å². The number of hydrogen-bond acceptors (Lipinski definition) is 6. The van der Waals surface area contributed by atoms with Crippen molar-refractivity contribution in [3.05, 3.63) is 29.8 Å². The Morgan fingerprint density at radius 3 is 2.26 bits per heavy atom. The molecule has 2 heterocycles. The molecule has 0 spiro atoms. The van der Waals surface area contributed by atoms with Crippen molar-refractivity contribution in [3.8, 4) is 0 Å². The number of benzene rings is 1. The zero-order valence-electron chi connectivity index (χ0n) is 20.6. The first-order valence-corrected chi connectivity index (χ1v) is 13.2. The van der Waals surface area contributed by atoms with Gasteiger partial charge in [-0.05, 0) is 65.0 Å². The molecule has 196 valence electrons. The Labute approximate surface area is 205 Å². The first-order chi connectivity index (χ1) is 16.2. The molecule has 3 rings (SSSR count). The molecule has 2 unspecified atom stereocenters. The number of likely N-dealkylation sites (tertiary alicyclic amines) is 2. The Kier molecular flexibility index (Phi) is 8.10. The van der Waals surface area contributed by atoms with Crippen LogP contribution in [0.15, 0.2) is 29.2 Å². The number of alkyl halides is 2. The summed E-state index contributed by atoms with van der Waals surface area (Å²) >= 11 is 0. The topological polar surface area (TPSA) is 93.2 Å². The summed E-state index contributed by atoms with van der Waals surface area (Å²) in [5.74, 6) is -4.11. The molecule has 2 saturated heterocycles. The van der Waals surface area contributed by atoms with Gasteiger partial charge in [0.15, 0.2) is 6.17 Å². The summed E-state index contributed by atoms with van der Waals surface area (Å²) in [6.45, 7) is 6.77. The SMILES string of the molecule is Cc1ccc(S(=O)(=O)OCCC2CCN(C(=O)C3(F)C(F)CCN3C(=O)OC(C)(C)C)CC2)cc1. The maximum atomic E-state index is 15.8. The largest absolute Gasteiger partial charge is 0.444 e. The Bertz CT molecular complexity index is 1020. The molecule has 0 aromatic heterocycles. The predicted octanol–water partition coefficient (Wildman–Crippen LogP) is 3.97. The van der Waals surface area contributed by atoms with Gasteiger partial charge in [0, 0.05) is 26.1 Å². The Balaban J connectivity index is 1.53. The van der Waals surface area contributed by atoms with E-state index in [-0.39, 0.29) is 43.5 Å². The number of nitrogens with zero attached hydrogens (tertiary/aromatic N) is 2. The van der Waals surface area contributed by atoms with Gasteiger partial charge in [-0.25, -0.2) is 13.6 Å². The van der Waals surface area contributed by atoms with Crippen LogP contribution in [0.3, 0.4) is 0 Å². The average molecular weight is 517 g/mol. The van der Waals surface area contributed by atoms with E-state index in [0.29, 0.717) is 24.2 Å². The number of carbonyl (C=O) groups excluding carboxylic acids is 2. The van der Waals surface area contributed by atoms with Crippen molar-refractivity contribution in [2.75, 3.05) is 26.2 Å². The zero-order chi connectivity index (χ0) is 26.0. The monoisotopic (exact) mass is 516 g/mol. The molecule has 0 saturated carbocycles. The number of ether oxygens (including phenoxy) is 1. The second-order valence-corrected chi connectivity index (χ2v) is 11.8. The number of halogens is 2. The van der Waals surface area contributed by atoms with E-state index in [2.05, 4.69) is 0 Å². The minimum Gasteiger partial charge on any atom is -0.444 e. The van der Waals surface area contributed by atoms with Crippen LogP contribution in [0.2, 0.25) is 0 Å². The van der Waals surface area contributed by atoms with Gasteiger partial charge in [0.1, 0.15) is 5.60 Å². The summed E-state index contributed by atoms with van der Waals surface area (Å²) in [6, 6.07) is 6.36. The average Bonchev–Trinajstić information content (AvgIpc) is 3.08. The molecular weight excluding hydrogens is 482 g/mol. The van der Waals surface area contributed by atoms with E-state index in [1.54, 1.807) is 32.9 Å². The third kappa shape index (κ3) is 6.30. The number of aryl methyl sites for hydroxylation is 1. The highest BCUT2D eigenvalue weighted by Gasteiger charge is 2.60. The third-order valence-electron chi connectivity index (χ3n) is 6.30. The number of hydrogen-bond donors (Lipinski definition) is 0.